The van der Waals surface area contributed by atoms with Crippen LogP contribution in [0.3, 0.4) is 0 Å². The lowest BCUT2D eigenvalue weighted by atomic mass is 10.2. The van der Waals surface area contributed by atoms with Gasteiger partial charge in [0.15, 0.2) is 6.10 Å². The number of para-hydroxylation sites is 1. The number of nitrogens with zero attached hydrogens (tertiary/aromatic N) is 2. The Hall–Kier alpha value is -2.79. The van der Waals surface area contributed by atoms with E-state index in [0.717, 1.165) is 22.6 Å². The van der Waals surface area contributed by atoms with Crippen LogP contribution in [-0.4, -0.2) is 21.8 Å². The maximum atomic E-state index is 12.4. The van der Waals surface area contributed by atoms with Crippen LogP contribution in [0.4, 0.5) is 0 Å². The van der Waals surface area contributed by atoms with E-state index in [-0.39, 0.29) is 5.91 Å². The van der Waals surface area contributed by atoms with Crippen molar-refractivity contribution < 1.29 is 9.53 Å². The summed E-state index contributed by atoms with van der Waals surface area (Å²) >= 11 is 5.86. The maximum Gasteiger partial charge on any atom is 0.261 e. The van der Waals surface area contributed by atoms with Gasteiger partial charge in [-0.25, -0.2) is 4.68 Å². The van der Waals surface area contributed by atoms with E-state index in [2.05, 4.69) is 10.4 Å². The molecule has 1 N–H and O–H groups in total. The average molecular weight is 384 g/mol. The van der Waals surface area contributed by atoms with Crippen LogP contribution < -0.4 is 10.1 Å². The lowest BCUT2D eigenvalue weighted by molar-refractivity contribution is -0.127. The molecule has 1 unspecified atom stereocenters. The van der Waals surface area contributed by atoms with Crippen LogP contribution in [0.5, 0.6) is 5.75 Å². The second-order valence-corrected chi connectivity index (χ2v) is 6.76. The molecule has 0 radical (unpaired) electrons. The molecule has 6 heteroatoms. The summed E-state index contributed by atoms with van der Waals surface area (Å²) in [6.45, 7) is 6.07. The fourth-order valence-corrected chi connectivity index (χ4v) is 2.97. The molecule has 0 aliphatic rings. The van der Waals surface area contributed by atoms with Crippen molar-refractivity contribution >= 4 is 17.5 Å². The maximum absolute atomic E-state index is 12.4. The van der Waals surface area contributed by atoms with E-state index in [1.807, 2.05) is 48.9 Å². The van der Waals surface area contributed by atoms with Gasteiger partial charge in [-0.3, -0.25) is 4.79 Å². The molecule has 3 aromatic rings. The minimum Gasteiger partial charge on any atom is -0.481 e. The van der Waals surface area contributed by atoms with Crippen molar-refractivity contribution in [3.8, 4) is 11.4 Å². The molecular formula is C21H22ClN3O2. The van der Waals surface area contributed by atoms with Crippen LogP contribution in [0.25, 0.3) is 5.69 Å². The Bertz CT molecular complexity index is 921. The minimum atomic E-state index is -0.615. The molecule has 0 aliphatic carbocycles. The van der Waals surface area contributed by atoms with E-state index in [0.29, 0.717) is 17.3 Å². The highest BCUT2D eigenvalue weighted by atomic mass is 35.5. The van der Waals surface area contributed by atoms with E-state index in [4.69, 9.17) is 16.3 Å². The van der Waals surface area contributed by atoms with Crippen molar-refractivity contribution in [3.05, 3.63) is 76.6 Å². The summed E-state index contributed by atoms with van der Waals surface area (Å²) in [5.74, 6) is 0.419. The van der Waals surface area contributed by atoms with E-state index in [1.165, 1.54) is 0 Å². The Balaban J connectivity index is 1.65. The quantitative estimate of drug-likeness (QED) is 0.693. The summed E-state index contributed by atoms with van der Waals surface area (Å²) in [6, 6.07) is 16.9. The van der Waals surface area contributed by atoms with Crippen molar-refractivity contribution in [3.63, 3.8) is 0 Å². The van der Waals surface area contributed by atoms with Gasteiger partial charge in [0.05, 0.1) is 11.4 Å². The molecule has 0 spiro atoms. The van der Waals surface area contributed by atoms with Crippen LogP contribution in [0.2, 0.25) is 5.02 Å². The van der Waals surface area contributed by atoms with Crippen LogP contribution in [0.1, 0.15) is 23.9 Å². The molecule has 27 heavy (non-hydrogen) atoms. The molecular weight excluding hydrogens is 362 g/mol. The average Bonchev–Trinajstić information content (AvgIpc) is 2.96. The zero-order valence-corrected chi connectivity index (χ0v) is 16.3. The van der Waals surface area contributed by atoms with Crippen molar-refractivity contribution in [2.45, 2.75) is 33.4 Å². The molecule has 2 aromatic carbocycles. The fraction of sp³-hybridized carbons (Fsp3) is 0.238. The van der Waals surface area contributed by atoms with Crippen molar-refractivity contribution in [1.29, 1.82) is 0 Å². The molecule has 1 aromatic heterocycles. The Morgan fingerprint density at radius 2 is 1.81 bits per heavy atom. The largest absolute Gasteiger partial charge is 0.481 e. The van der Waals surface area contributed by atoms with Crippen LogP contribution in [0.15, 0.2) is 54.6 Å². The normalized spacial score (nSPS) is 11.9. The molecule has 0 aliphatic heterocycles. The van der Waals surface area contributed by atoms with E-state index in [1.54, 1.807) is 31.2 Å². The van der Waals surface area contributed by atoms with Crippen LogP contribution in [0, 0.1) is 13.8 Å². The third-order valence-electron chi connectivity index (χ3n) is 4.38. The molecule has 1 amide bonds. The minimum absolute atomic E-state index is 0.184. The first-order chi connectivity index (χ1) is 13.0. The molecule has 0 saturated heterocycles. The molecule has 0 saturated carbocycles. The van der Waals surface area contributed by atoms with Gasteiger partial charge in [-0.2, -0.15) is 5.10 Å². The number of hydrogen-bond donors (Lipinski definition) is 1. The number of ether oxygens (including phenoxy) is 1. The van der Waals surface area contributed by atoms with E-state index >= 15 is 0 Å². The zero-order valence-electron chi connectivity index (χ0n) is 15.6. The molecule has 140 valence electrons. The summed E-state index contributed by atoms with van der Waals surface area (Å²) in [5, 5.41) is 8.16. The Labute approximate surface area is 163 Å². The number of hydrogen-bond acceptors (Lipinski definition) is 3. The number of halogens is 1. The summed E-state index contributed by atoms with van der Waals surface area (Å²) in [4.78, 5) is 12.4. The molecule has 5 nitrogen and oxygen atoms in total. The smallest absolute Gasteiger partial charge is 0.261 e. The Morgan fingerprint density at radius 3 is 2.48 bits per heavy atom. The highest BCUT2D eigenvalue weighted by Gasteiger charge is 2.17. The number of amides is 1. The first-order valence-electron chi connectivity index (χ1n) is 8.76. The highest BCUT2D eigenvalue weighted by Crippen LogP contribution is 2.19. The highest BCUT2D eigenvalue weighted by molar-refractivity contribution is 6.30. The van der Waals surface area contributed by atoms with Gasteiger partial charge in [0, 0.05) is 22.8 Å². The van der Waals surface area contributed by atoms with E-state index < -0.39 is 6.10 Å². The van der Waals surface area contributed by atoms with Crippen molar-refractivity contribution in [1.82, 2.24) is 15.1 Å². The number of rotatable bonds is 6. The zero-order chi connectivity index (χ0) is 19.4. The van der Waals surface area contributed by atoms with E-state index in [9.17, 15) is 4.79 Å². The van der Waals surface area contributed by atoms with Gasteiger partial charge in [0.1, 0.15) is 5.75 Å². The van der Waals surface area contributed by atoms with Crippen LogP contribution in [-0.2, 0) is 11.3 Å². The van der Waals surface area contributed by atoms with Gasteiger partial charge in [-0.15, -0.1) is 0 Å². The standard InChI is InChI=1S/C21H22ClN3O2/c1-14-20(15(2)25(24-14)18-7-5-4-6-8-18)13-23-21(26)16(3)27-19-11-9-17(22)10-12-19/h4-12,16H,13H2,1-3H3,(H,23,26). The third kappa shape index (κ3) is 4.49. The number of carbonyl (C=O) groups is 1. The topological polar surface area (TPSA) is 56.2 Å². The Kier molecular flexibility index (Phi) is 5.81. The van der Waals surface area contributed by atoms with Crippen LogP contribution >= 0.6 is 11.6 Å². The van der Waals surface area contributed by atoms with Gasteiger partial charge >= 0.3 is 0 Å². The van der Waals surface area contributed by atoms with Gasteiger partial charge in [-0.05, 0) is 57.2 Å². The predicted molar refractivity (Wildman–Crippen MR) is 106 cm³/mol. The number of nitrogens with one attached hydrogen (secondary N) is 1. The van der Waals surface area contributed by atoms with Gasteiger partial charge in [0.25, 0.3) is 5.91 Å². The lowest BCUT2D eigenvalue weighted by Gasteiger charge is -2.15. The van der Waals surface area contributed by atoms with Gasteiger partial charge in [0.2, 0.25) is 0 Å². The van der Waals surface area contributed by atoms with Crippen molar-refractivity contribution in [2.75, 3.05) is 0 Å². The van der Waals surface area contributed by atoms with Crippen molar-refractivity contribution in [2.24, 2.45) is 0 Å². The SMILES string of the molecule is Cc1nn(-c2ccccc2)c(C)c1CNC(=O)C(C)Oc1ccc(Cl)cc1. The summed E-state index contributed by atoms with van der Waals surface area (Å²) in [7, 11) is 0. The van der Waals surface area contributed by atoms with Gasteiger partial charge < -0.3 is 10.1 Å². The molecule has 0 fully saturated rings. The number of benzene rings is 2. The summed E-state index contributed by atoms with van der Waals surface area (Å²) in [6.07, 6.45) is -0.615. The second kappa shape index (κ2) is 8.27. The number of carbonyl (C=O) groups excluding carboxylic acids is 1. The molecule has 1 atom stereocenters. The first kappa shape index (κ1) is 19.0. The molecule has 1 heterocycles. The molecule has 0 bridgehead atoms. The number of aryl methyl sites for hydroxylation is 1. The number of aromatic nitrogens is 2. The van der Waals surface area contributed by atoms with Gasteiger partial charge in [-0.1, -0.05) is 29.8 Å². The first-order valence-corrected chi connectivity index (χ1v) is 9.14. The lowest BCUT2D eigenvalue weighted by Crippen LogP contribution is -2.36. The Morgan fingerprint density at radius 1 is 1.15 bits per heavy atom. The summed E-state index contributed by atoms with van der Waals surface area (Å²) in [5.41, 5.74) is 3.90. The summed E-state index contributed by atoms with van der Waals surface area (Å²) < 4.78 is 7.56. The monoisotopic (exact) mass is 383 g/mol. The second-order valence-electron chi connectivity index (χ2n) is 6.33. The third-order valence-corrected chi connectivity index (χ3v) is 4.63. The molecule has 3 rings (SSSR count). The fourth-order valence-electron chi connectivity index (χ4n) is 2.84. The predicted octanol–water partition coefficient (Wildman–Crippen LogP) is 4.23.